The van der Waals surface area contributed by atoms with Crippen molar-refractivity contribution in [3.05, 3.63) is 0 Å². The molecule has 1 aliphatic rings. The number of nitrogens with one attached hydrogen (secondary N) is 1. The summed E-state index contributed by atoms with van der Waals surface area (Å²) in [5, 5.41) is 3.45. The Morgan fingerprint density at radius 1 is 1.50 bits per heavy atom. The van der Waals surface area contributed by atoms with Crippen molar-refractivity contribution in [2.45, 2.75) is 25.5 Å². The van der Waals surface area contributed by atoms with Gasteiger partial charge in [-0.1, -0.05) is 0 Å². The summed E-state index contributed by atoms with van der Waals surface area (Å²) < 4.78 is 5.68. The summed E-state index contributed by atoms with van der Waals surface area (Å²) in [6, 6.07) is 0.608. The summed E-state index contributed by atoms with van der Waals surface area (Å²) in [4.78, 5) is 2.17. The van der Waals surface area contributed by atoms with Crippen molar-refractivity contribution >= 4 is 0 Å². The molecule has 3 heteroatoms. The lowest BCUT2D eigenvalue weighted by atomic mass is 10.2. The van der Waals surface area contributed by atoms with Crippen LogP contribution in [0.3, 0.4) is 0 Å². The van der Waals surface area contributed by atoms with E-state index in [9.17, 15) is 0 Å². The number of hydrogen-bond donors (Lipinski definition) is 1. The quantitative estimate of drug-likeness (QED) is 0.649. The van der Waals surface area contributed by atoms with E-state index in [1.165, 1.54) is 0 Å². The lowest BCUT2D eigenvalue weighted by Crippen LogP contribution is -2.37. The van der Waals surface area contributed by atoms with Crippen LogP contribution in [0.25, 0.3) is 0 Å². The highest BCUT2D eigenvalue weighted by Crippen LogP contribution is 2.02. The van der Waals surface area contributed by atoms with Crippen molar-refractivity contribution in [2.75, 3.05) is 33.8 Å². The smallest absolute Gasteiger partial charge is 0.0825 e. The Balaban J connectivity index is 2.26. The fraction of sp³-hybridized carbons (Fsp3) is 1.00. The van der Waals surface area contributed by atoms with Crippen molar-refractivity contribution in [2.24, 2.45) is 0 Å². The van der Waals surface area contributed by atoms with Crippen molar-refractivity contribution in [1.82, 2.24) is 10.2 Å². The van der Waals surface area contributed by atoms with E-state index in [0.717, 1.165) is 26.1 Å². The van der Waals surface area contributed by atoms with Gasteiger partial charge in [-0.2, -0.15) is 0 Å². The van der Waals surface area contributed by atoms with Crippen LogP contribution in [0.15, 0.2) is 0 Å². The number of ether oxygens (including phenoxy) is 1. The van der Waals surface area contributed by atoms with Gasteiger partial charge in [0.25, 0.3) is 0 Å². The maximum absolute atomic E-state index is 5.68. The Bertz CT molecular complexity index is 128. The van der Waals surface area contributed by atoms with Gasteiger partial charge < -0.3 is 15.0 Å². The highest BCUT2D eigenvalue weighted by molar-refractivity contribution is 4.72. The molecule has 0 aromatic heterocycles. The second-order valence-electron chi connectivity index (χ2n) is 3.85. The molecule has 2 unspecified atom stereocenters. The molecule has 1 rings (SSSR count). The molecule has 1 N–H and O–H groups in total. The van der Waals surface area contributed by atoms with E-state index in [2.05, 4.69) is 31.2 Å². The molecule has 0 aromatic rings. The van der Waals surface area contributed by atoms with Crippen molar-refractivity contribution in [3.8, 4) is 0 Å². The molecule has 0 radical (unpaired) electrons. The Morgan fingerprint density at radius 2 is 2.25 bits per heavy atom. The number of nitrogens with zero attached hydrogens (tertiary/aromatic N) is 1. The molecule has 0 aromatic carbocycles. The van der Waals surface area contributed by atoms with Crippen LogP contribution >= 0.6 is 0 Å². The molecule has 0 bridgehead atoms. The first-order valence-corrected chi connectivity index (χ1v) is 4.68. The van der Waals surface area contributed by atoms with Gasteiger partial charge in [-0.3, -0.25) is 0 Å². The van der Waals surface area contributed by atoms with Gasteiger partial charge in [-0.25, -0.2) is 0 Å². The molecule has 1 saturated heterocycles. The summed E-state index contributed by atoms with van der Waals surface area (Å²) in [5.74, 6) is 0. The van der Waals surface area contributed by atoms with E-state index in [-0.39, 0.29) is 0 Å². The molecule has 1 aliphatic heterocycles. The van der Waals surface area contributed by atoms with E-state index in [1.807, 2.05) is 0 Å². The van der Waals surface area contributed by atoms with Gasteiger partial charge in [0, 0.05) is 25.7 Å². The van der Waals surface area contributed by atoms with E-state index < -0.39 is 0 Å². The molecular weight excluding hydrogens is 152 g/mol. The maximum atomic E-state index is 5.68. The monoisotopic (exact) mass is 172 g/mol. The summed E-state index contributed by atoms with van der Waals surface area (Å²) in [5.41, 5.74) is 0. The fourth-order valence-corrected chi connectivity index (χ4v) is 1.43. The van der Waals surface area contributed by atoms with Gasteiger partial charge in [-0.05, 0) is 27.4 Å². The maximum Gasteiger partial charge on any atom is 0.0825 e. The summed E-state index contributed by atoms with van der Waals surface area (Å²) >= 11 is 0. The largest absolute Gasteiger partial charge is 0.376 e. The number of likely N-dealkylation sites (N-methyl/N-ethyl adjacent to an activating group) is 1. The molecule has 3 nitrogen and oxygen atoms in total. The van der Waals surface area contributed by atoms with Gasteiger partial charge in [0.1, 0.15) is 0 Å². The third kappa shape index (κ3) is 3.52. The minimum absolute atomic E-state index is 0.366. The van der Waals surface area contributed by atoms with Crippen LogP contribution in [-0.2, 0) is 4.74 Å². The molecule has 0 saturated carbocycles. The molecule has 1 heterocycles. The van der Waals surface area contributed by atoms with Crippen molar-refractivity contribution in [1.29, 1.82) is 0 Å². The molecule has 0 spiro atoms. The minimum atomic E-state index is 0.366. The Labute approximate surface area is 75.1 Å². The van der Waals surface area contributed by atoms with Gasteiger partial charge >= 0.3 is 0 Å². The van der Waals surface area contributed by atoms with Crippen LogP contribution in [0, 0.1) is 0 Å². The Hall–Kier alpha value is -0.120. The Morgan fingerprint density at radius 3 is 2.92 bits per heavy atom. The molecular formula is C9H20N2O. The van der Waals surface area contributed by atoms with E-state index in [4.69, 9.17) is 4.74 Å². The van der Waals surface area contributed by atoms with Gasteiger partial charge in [0.05, 0.1) is 6.10 Å². The summed E-state index contributed by atoms with van der Waals surface area (Å²) in [6.45, 7) is 5.10. The van der Waals surface area contributed by atoms with Crippen LogP contribution in [0.2, 0.25) is 0 Å². The fourth-order valence-electron chi connectivity index (χ4n) is 1.43. The van der Waals surface area contributed by atoms with Crippen LogP contribution < -0.4 is 5.32 Å². The molecule has 12 heavy (non-hydrogen) atoms. The van der Waals surface area contributed by atoms with E-state index in [1.54, 1.807) is 0 Å². The SMILES string of the molecule is CC1CCOC(CN(C)C)CN1. The normalized spacial score (nSPS) is 32.0. The summed E-state index contributed by atoms with van der Waals surface area (Å²) in [6.07, 6.45) is 1.49. The third-order valence-electron chi connectivity index (χ3n) is 2.17. The van der Waals surface area contributed by atoms with Gasteiger partial charge in [0.2, 0.25) is 0 Å². The van der Waals surface area contributed by atoms with Gasteiger partial charge in [-0.15, -0.1) is 0 Å². The third-order valence-corrected chi connectivity index (χ3v) is 2.17. The van der Waals surface area contributed by atoms with Crippen molar-refractivity contribution in [3.63, 3.8) is 0 Å². The minimum Gasteiger partial charge on any atom is -0.376 e. The average molecular weight is 172 g/mol. The molecule has 2 atom stereocenters. The predicted octanol–water partition coefficient (Wildman–Crippen LogP) is 0.315. The van der Waals surface area contributed by atoms with E-state index in [0.29, 0.717) is 12.1 Å². The zero-order chi connectivity index (χ0) is 8.97. The number of hydrogen-bond acceptors (Lipinski definition) is 3. The zero-order valence-electron chi connectivity index (χ0n) is 8.34. The second-order valence-corrected chi connectivity index (χ2v) is 3.85. The lowest BCUT2D eigenvalue weighted by molar-refractivity contribution is 0.0485. The highest BCUT2D eigenvalue weighted by Gasteiger charge is 2.15. The van der Waals surface area contributed by atoms with E-state index >= 15 is 0 Å². The Kier molecular flexibility index (Phi) is 3.98. The molecule has 1 fully saturated rings. The first kappa shape index (κ1) is 9.96. The van der Waals surface area contributed by atoms with Crippen LogP contribution in [0.4, 0.5) is 0 Å². The van der Waals surface area contributed by atoms with Crippen LogP contribution in [0.1, 0.15) is 13.3 Å². The van der Waals surface area contributed by atoms with Crippen LogP contribution in [0.5, 0.6) is 0 Å². The topological polar surface area (TPSA) is 24.5 Å². The zero-order valence-corrected chi connectivity index (χ0v) is 8.34. The standard InChI is InChI=1S/C9H20N2O/c1-8-4-5-12-9(6-10-8)7-11(2)3/h8-10H,4-7H2,1-3H3. The lowest BCUT2D eigenvalue weighted by Gasteiger charge is -2.19. The highest BCUT2D eigenvalue weighted by atomic mass is 16.5. The average Bonchev–Trinajstić information content (AvgIpc) is 2.15. The second kappa shape index (κ2) is 4.80. The van der Waals surface area contributed by atoms with Crippen molar-refractivity contribution < 1.29 is 4.74 Å². The molecule has 72 valence electrons. The first-order chi connectivity index (χ1) is 5.68. The molecule has 0 aliphatic carbocycles. The van der Waals surface area contributed by atoms with Crippen LogP contribution in [-0.4, -0.2) is 50.8 Å². The number of rotatable bonds is 2. The molecule has 0 amide bonds. The first-order valence-electron chi connectivity index (χ1n) is 4.68. The summed E-state index contributed by atoms with van der Waals surface area (Å²) in [7, 11) is 4.16. The predicted molar refractivity (Wildman–Crippen MR) is 50.4 cm³/mol. The van der Waals surface area contributed by atoms with Gasteiger partial charge in [0.15, 0.2) is 0 Å².